The lowest BCUT2D eigenvalue weighted by Crippen LogP contribution is -2.28. The number of amides is 1. The number of pyridine rings is 1. The first-order valence-corrected chi connectivity index (χ1v) is 8.32. The molecule has 0 aliphatic carbocycles. The lowest BCUT2D eigenvalue weighted by atomic mass is 9.88. The van der Waals surface area contributed by atoms with Gasteiger partial charge in [-0.15, -0.1) is 24.8 Å². The Labute approximate surface area is 169 Å². The highest BCUT2D eigenvalue weighted by Gasteiger charge is 2.34. The smallest absolute Gasteiger partial charge is 0.229 e. The van der Waals surface area contributed by atoms with Crippen LogP contribution in [0.15, 0.2) is 60.9 Å². The third-order valence-corrected chi connectivity index (χ3v) is 4.79. The van der Waals surface area contributed by atoms with Crippen LogP contribution in [-0.2, 0) is 4.79 Å². The molecule has 2 atom stereocenters. The van der Waals surface area contributed by atoms with Crippen molar-refractivity contribution in [3.05, 3.63) is 72.3 Å². The van der Waals surface area contributed by atoms with Crippen molar-refractivity contribution >= 4 is 47.2 Å². The molecule has 1 aliphatic heterocycles. The molecule has 0 radical (unpaired) electrons. The minimum atomic E-state index is -0.264. The van der Waals surface area contributed by atoms with Crippen LogP contribution in [0.4, 0.5) is 10.1 Å². The third-order valence-electron chi connectivity index (χ3n) is 4.79. The lowest BCUT2D eigenvalue weighted by molar-refractivity contribution is -0.119. The van der Waals surface area contributed by atoms with E-state index in [4.69, 9.17) is 0 Å². The Morgan fingerprint density at radius 3 is 2.63 bits per heavy atom. The Morgan fingerprint density at radius 1 is 1.07 bits per heavy atom. The first kappa shape index (κ1) is 21.1. The molecule has 1 fully saturated rings. The number of carbonyl (C=O) groups excluding carboxylic acids is 1. The number of fused-ring (bicyclic) bond motifs is 1. The molecule has 0 saturated carbocycles. The maximum absolute atomic E-state index is 13.2. The summed E-state index contributed by atoms with van der Waals surface area (Å²) in [4.78, 5) is 17.0. The van der Waals surface area contributed by atoms with E-state index in [9.17, 15) is 9.18 Å². The van der Waals surface area contributed by atoms with Gasteiger partial charge >= 0.3 is 0 Å². The normalized spacial score (nSPS) is 18.4. The second-order valence-electron chi connectivity index (χ2n) is 6.31. The van der Waals surface area contributed by atoms with E-state index in [1.54, 1.807) is 24.5 Å². The van der Waals surface area contributed by atoms with Crippen molar-refractivity contribution in [3.63, 3.8) is 0 Å². The van der Waals surface area contributed by atoms with Crippen molar-refractivity contribution in [3.8, 4) is 0 Å². The van der Waals surface area contributed by atoms with E-state index < -0.39 is 0 Å². The van der Waals surface area contributed by atoms with Crippen molar-refractivity contribution in [1.29, 1.82) is 0 Å². The Balaban J connectivity index is 0.00000131. The SMILES string of the molecule is Cl.Cl.O=C(Nc1cccc2cnccc12)C1CNCC1c1ccc(F)cc1. The van der Waals surface area contributed by atoms with Gasteiger partial charge in [-0.1, -0.05) is 24.3 Å². The first-order chi connectivity index (χ1) is 12.2. The largest absolute Gasteiger partial charge is 0.325 e. The average molecular weight is 408 g/mol. The predicted octanol–water partition coefficient (Wildman–Crippen LogP) is 4.16. The molecule has 2 unspecified atom stereocenters. The van der Waals surface area contributed by atoms with Gasteiger partial charge in [0.15, 0.2) is 0 Å². The average Bonchev–Trinajstić information content (AvgIpc) is 3.12. The molecule has 2 N–H and O–H groups in total. The number of anilines is 1. The van der Waals surface area contributed by atoms with Crippen LogP contribution >= 0.6 is 24.8 Å². The van der Waals surface area contributed by atoms with Crippen LogP contribution in [0.2, 0.25) is 0 Å². The van der Waals surface area contributed by atoms with Gasteiger partial charge in [0.05, 0.1) is 5.92 Å². The molecule has 0 bridgehead atoms. The van der Waals surface area contributed by atoms with Gasteiger partial charge in [0.2, 0.25) is 5.91 Å². The maximum atomic E-state index is 13.2. The number of aromatic nitrogens is 1. The van der Waals surface area contributed by atoms with E-state index in [0.29, 0.717) is 13.1 Å². The van der Waals surface area contributed by atoms with Crippen LogP contribution in [0.5, 0.6) is 0 Å². The summed E-state index contributed by atoms with van der Waals surface area (Å²) in [6, 6.07) is 14.1. The number of nitrogens with zero attached hydrogens (tertiary/aromatic N) is 1. The molecule has 7 heteroatoms. The maximum Gasteiger partial charge on any atom is 0.229 e. The van der Waals surface area contributed by atoms with Gasteiger partial charge in [0, 0.05) is 47.9 Å². The number of benzene rings is 2. The zero-order valence-corrected chi connectivity index (χ0v) is 16.0. The van der Waals surface area contributed by atoms with E-state index in [0.717, 1.165) is 22.0 Å². The molecule has 1 amide bonds. The number of carbonyl (C=O) groups is 1. The molecule has 4 nitrogen and oxygen atoms in total. The molecular weight excluding hydrogens is 388 g/mol. The van der Waals surface area contributed by atoms with Gasteiger partial charge in [-0.2, -0.15) is 0 Å². The summed E-state index contributed by atoms with van der Waals surface area (Å²) in [5.41, 5.74) is 1.77. The van der Waals surface area contributed by atoms with Crippen LogP contribution in [0.3, 0.4) is 0 Å². The summed E-state index contributed by atoms with van der Waals surface area (Å²) in [7, 11) is 0. The number of rotatable bonds is 3. The molecule has 2 aromatic carbocycles. The number of nitrogens with one attached hydrogen (secondary N) is 2. The summed E-state index contributed by atoms with van der Waals surface area (Å²) < 4.78 is 13.2. The number of halogens is 3. The quantitative estimate of drug-likeness (QED) is 0.685. The minimum Gasteiger partial charge on any atom is -0.325 e. The second kappa shape index (κ2) is 9.13. The van der Waals surface area contributed by atoms with Crippen molar-refractivity contribution in [1.82, 2.24) is 10.3 Å². The predicted molar refractivity (Wildman–Crippen MR) is 110 cm³/mol. The van der Waals surface area contributed by atoms with Gasteiger partial charge < -0.3 is 10.6 Å². The molecule has 1 aliphatic rings. The van der Waals surface area contributed by atoms with Crippen molar-refractivity contribution in [2.75, 3.05) is 18.4 Å². The summed E-state index contributed by atoms with van der Waals surface area (Å²) >= 11 is 0. The molecule has 1 saturated heterocycles. The van der Waals surface area contributed by atoms with Gasteiger partial charge in [0.25, 0.3) is 0 Å². The van der Waals surface area contributed by atoms with Crippen molar-refractivity contribution < 1.29 is 9.18 Å². The zero-order chi connectivity index (χ0) is 17.2. The Hall–Kier alpha value is -2.21. The standard InChI is InChI=1S/C20H18FN3O.2ClH/c21-15-6-4-13(5-7-15)17-11-23-12-18(17)20(25)24-19-3-1-2-14-10-22-9-8-16(14)19;;/h1-10,17-18,23H,11-12H2,(H,24,25);2*1H. The van der Waals surface area contributed by atoms with Crippen LogP contribution in [0.1, 0.15) is 11.5 Å². The van der Waals surface area contributed by atoms with Gasteiger partial charge in [0.1, 0.15) is 5.82 Å². The third kappa shape index (κ3) is 4.38. The molecule has 27 heavy (non-hydrogen) atoms. The zero-order valence-electron chi connectivity index (χ0n) is 14.4. The van der Waals surface area contributed by atoms with Crippen molar-refractivity contribution in [2.24, 2.45) is 5.92 Å². The van der Waals surface area contributed by atoms with Gasteiger partial charge in [-0.25, -0.2) is 4.39 Å². The van der Waals surface area contributed by atoms with Crippen molar-refractivity contribution in [2.45, 2.75) is 5.92 Å². The van der Waals surface area contributed by atoms with E-state index >= 15 is 0 Å². The number of hydrogen-bond acceptors (Lipinski definition) is 3. The molecule has 1 aromatic heterocycles. The van der Waals surface area contributed by atoms with Crippen LogP contribution in [0, 0.1) is 11.7 Å². The molecule has 142 valence electrons. The highest BCUT2D eigenvalue weighted by Crippen LogP contribution is 2.30. The summed E-state index contributed by atoms with van der Waals surface area (Å²) in [6.07, 6.45) is 3.50. The fourth-order valence-corrected chi connectivity index (χ4v) is 3.47. The van der Waals surface area contributed by atoms with Gasteiger partial charge in [-0.05, 0) is 29.8 Å². The summed E-state index contributed by atoms with van der Waals surface area (Å²) in [5, 5.41) is 8.29. The summed E-state index contributed by atoms with van der Waals surface area (Å²) in [6.45, 7) is 1.32. The number of hydrogen-bond donors (Lipinski definition) is 2. The monoisotopic (exact) mass is 407 g/mol. The lowest BCUT2D eigenvalue weighted by Gasteiger charge is -2.19. The van der Waals surface area contributed by atoms with E-state index in [1.165, 1.54) is 12.1 Å². The fourth-order valence-electron chi connectivity index (χ4n) is 3.47. The molecule has 0 spiro atoms. The molecule has 4 rings (SSSR count). The Morgan fingerprint density at radius 2 is 1.85 bits per heavy atom. The highest BCUT2D eigenvalue weighted by molar-refractivity contribution is 6.03. The molecule has 2 heterocycles. The second-order valence-corrected chi connectivity index (χ2v) is 6.31. The molecular formula is C20H20Cl2FN3O. The fraction of sp³-hybridized carbons (Fsp3) is 0.200. The first-order valence-electron chi connectivity index (χ1n) is 8.32. The van der Waals surface area contributed by atoms with Gasteiger partial charge in [-0.3, -0.25) is 9.78 Å². The Kier molecular flexibility index (Phi) is 7.13. The van der Waals surface area contributed by atoms with Crippen LogP contribution in [-0.4, -0.2) is 24.0 Å². The van der Waals surface area contributed by atoms with E-state index in [2.05, 4.69) is 15.6 Å². The minimum absolute atomic E-state index is 0. The highest BCUT2D eigenvalue weighted by atomic mass is 35.5. The van der Waals surface area contributed by atoms with Crippen LogP contribution in [0.25, 0.3) is 10.8 Å². The van der Waals surface area contributed by atoms with E-state index in [1.807, 2.05) is 24.3 Å². The van der Waals surface area contributed by atoms with Crippen LogP contribution < -0.4 is 10.6 Å². The summed E-state index contributed by atoms with van der Waals surface area (Å²) in [5.74, 6) is -0.441. The Bertz CT molecular complexity index is 915. The van der Waals surface area contributed by atoms with E-state index in [-0.39, 0.29) is 48.4 Å². The molecule has 3 aromatic rings. The topological polar surface area (TPSA) is 54.0 Å².